The summed E-state index contributed by atoms with van der Waals surface area (Å²) in [6.45, 7) is 2.72. The van der Waals surface area contributed by atoms with Gasteiger partial charge in [-0.2, -0.15) is 0 Å². The van der Waals surface area contributed by atoms with Crippen molar-refractivity contribution in [3.05, 3.63) is 52.5 Å². The number of hydrogen-bond acceptors (Lipinski definition) is 6. The molecule has 0 amide bonds. The molecule has 0 saturated carbocycles. The Kier molecular flexibility index (Phi) is 4.95. The smallest absolute Gasteiger partial charge is 0.308 e. The molecule has 0 aliphatic carbocycles. The van der Waals surface area contributed by atoms with Crippen LogP contribution in [0.3, 0.4) is 0 Å². The predicted octanol–water partition coefficient (Wildman–Crippen LogP) is 3.55. The summed E-state index contributed by atoms with van der Waals surface area (Å²) in [5, 5.41) is 0.154. The molecule has 2 aromatic carbocycles. The van der Waals surface area contributed by atoms with Crippen molar-refractivity contribution >= 4 is 29.3 Å². The number of carbonyl (C=O) groups is 3. The Hall–Kier alpha value is -2.86. The predicted molar refractivity (Wildman–Crippen MR) is 93.1 cm³/mol. The van der Waals surface area contributed by atoms with Crippen LogP contribution in [0.4, 0.5) is 0 Å². The van der Waals surface area contributed by atoms with E-state index >= 15 is 0 Å². The number of Topliss-reactive ketones (excluding diaryl/α,β-unsaturated/α-hetero) is 1. The molecule has 6 nitrogen and oxygen atoms in total. The molecule has 1 heterocycles. The van der Waals surface area contributed by atoms with E-state index in [-0.39, 0.29) is 23.2 Å². The highest BCUT2D eigenvalue weighted by Crippen LogP contribution is 2.39. The van der Waals surface area contributed by atoms with Crippen molar-refractivity contribution in [2.24, 2.45) is 0 Å². The van der Waals surface area contributed by atoms with E-state index in [0.717, 1.165) is 5.56 Å². The highest BCUT2D eigenvalue weighted by atomic mass is 35.5. The summed E-state index contributed by atoms with van der Waals surface area (Å²) in [5.74, 6) is -0.716. The zero-order valence-electron chi connectivity index (χ0n) is 14.1. The molecule has 2 aromatic rings. The molecule has 1 atom stereocenters. The summed E-state index contributed by atoms with van der Waals surface area (Å²) < 4.78 is 15.7. The molecule has 134 valence electrons. The Morgan fingerprint density at radius 2 is 1.73 bits per heavy atom. The number of esters is 2. The Morgan fingerprint density at radius 1 is 1.08 bits per heavy atom. The van der Waals surface area contributed by atoms with Gasteiger partial charge in [-0.3, -0.25) is 14.4 Å². The van der Waals surface area contributed by atoms with Gasteiger partial charge in [-0.25, -0.2) is 0 Å². The van der Waals surface area contributed by atoms with Crippen LogP contribution in [0.2, 0.25) is 5.02 Å². The first-order valence-corrected chi connectivity index (χ1v) is 8.20. The maximum Gasteiger partial charge on any atom is 0.308 e. The molecule has 0 saturated heterocycles. The van der Waals surface area contributed by atoms with Crippen molar-refractivity contribution in [1.29, 1.82) is 0 Å². The van der Waals surface area contributed by atoms with Crippen LogP contribution in [0.25, 0.3) is 0 Å². The van der Waals surface area contributed by atoms with E-state index in [0.29, 0.717) is 17.1 Å². The van der Waals surface area contributed by atoms with Gasteiger partial charge in [-0.1, -0.05) is 23.7 Å². The molecular weight excluding hydrogens is 360 g/mol. The Balaban J connectivity index is 1.86. The maximum absolute atomic E-state index is 12.8. The van der Waals surface area contributed by atoms with E-state index in [1.807, 2.05) is 0 Å². The first-order chi connectivity index (χ1) is 12.3. The zero-order chi connectivity index (χ0) is 18.8. The highest BCUT2D eigenvalue weighted by molar-refractivity contribution is 6.32. The lowest BCUT2D eigenvalue weighted by molar-refractivity contribution is -0.132. The molecule has 1 aliphatic heterocycles. The number of ketones is 1. The second kappa shape index (κ2) is 7.17. The van der Waals surface area contributed by atoms with Crippen molar-refractivity contribution in [3.8, 4) is 17.2 Å². The minimum Gasteiger partial charge on any atom is -0.492 e. The van der Waals surface area contributed by atoms with Gasteiger partial charge in [0.1, 0.15) is 18.1 Å². The average Bonchev–Trinajstić information content (AvgIpc) is 2.57. The molecule has 3 rings (SSSR count). The van der Waals surface area contributed by atoms with Gasteiger partial charge in [0.25, 0.3) is 0 Å². The summed E-state index contributed by atoms with van der Waals surface area (Å²) in [6, 6.07) is 9.55. The monoisotopic (exact) mass is 374 g/mol. The zero-order valence-corrected chi connectivity index (χ0v) is 14.8. The topological polar surface area (TPSA) is 78.9 Å². The molecule has 1 unspecified atom stereocenters. The lowest BCUT2D eigenvalue weighted by Crippen LogP contribution is -2.26. The van der Waals surface area contributed by atoms with Crippen LogP contribution < -0.4 is 14.2 Å². The van der Waals surface area contributed by atoms with Gasteiger partial charge >= 0.3 is 11.9 Å². The highest BCUT2D eigenvalue weighted by Gasteiger charge is 2.31. The van der Waals surface area contributed by atoms with Crippen molar-refractivity contribution in [3.63, 3.8) is 0 Å². The van der Waals surface area contributed by atoms with Crippen LogP contribution in [-0.2, 0) is 9.59 Å². The largest absolute Gasteiger partial charge is 0.492 e. The normalized spacial score (nSPS) is 15.7. The summed E-state index contributed by atoms with van der Waals surface area (Å²) in [7, 11) is 0. The minimum absolute atomic E-state index is 0.139. The number of benzene rings is 2. The van der Waals surface area contributed by atoms with E-state index < -0.39 is 17.9 Å². The van der Waals surface area contributed by atoms with Crippen LogP contribution in [0.5, 0.6) is 17.2 Å². The van der Waals surface area contributed by atoms with Crippen molar-refractivity contribution in [1.82, 2.24) is 0 Å². The second-order valence-electron chi connectivity index (χ2n) is 5.76. The van der Waals surface area contributed by atoms with Gasteiger partial charge in [0.05, 0.1) is 16.5 Å². The molecule has 0 N–H and O–H groups in total. The third kappa shape index (κ3) is 3.70. The SMILES string of the molecule is CC(=O)Oc1ccc(C2COc3cc(OC(C)=O)c(Cl)cc3C2=O)cc1. The van der Waals surface area contributed by atoms with Crippen molar-refractivity contribution in [2.75, 3.05) is 6.61 Å². The van der Waals surface area contributed by atoms with Crippen LogP contribution in [0, 0.1) is 0 Å². The van der Waals surface area contributed by atoms with Gasteiger partial charge in [-0.15, -0.1) is 0 Å². The molecule has 7 heteroatoms. The summed E-state index contributed by atoms with van der Waals surface area (Å²) >= 11 is 6.10. The van der Waals surface area contributed by atoms with Crippen LogP contribution >= 0.6 is 11.6 Å². The molecule has 0 fully saturated rings. The fourth-order valence-electron chi connectivity index (χ4n) is 2.70. The van der Waals surface area contributed by atoms with Gasteiger partial charge in [-0.05, 0) is 23.8 Å². The number of fused-ring (bicyclic) bond motifs is 1. The van der Waals surface area contributed by atoms with Crippen LogP contribution in [-0.4, -0.2) is 24.3 Å². The van der Waals surface area contributed by atoms with Gasteiger partial charge in [0, 0.05) is 19.9 Å². The van der Waals surface area contributed by atoms with E-state index in [2.05, 4.69) is 0 Å². The summed E-state index contributed by atoms with van der Waals surface area (Å²) in [4.78, 5) is 34.9. The molecule has 26 heavy (non-hydrogen) atoms. The Morgan fingerprint density at radius 3 is 2.35 bits per heavy atom. The van der Waals surface area contributed by atoms with Crippen molar-refractivity contribution < 1.29 is 28.6 Å². The molecule has 0 spiro atoms. The number of hydrogen-bond donors (Lipinski definition) is 0. The second-order valence-corrected chi connectivity index (χ2v) is 6.17. The Labute approximate surface area is 154 Å². The van der Waals surface area contributed by atoms with E-state index in [1.165, 1.54) is 26.0 Å². The van der Waals surface area contributed by atoms with Crippen molar-refractivity contribution in [2.45, 2.75) is 19.8 Å². The fourth-order valence-corrected chi connectivity index (χ4v) is 2.90. The maximum atomic E-state index is 12.8. The van der Waals surface area contributed by atoms with E-state index in [9.17, 15) is 14.4 Å². The van der Waals surface area contributed by atoms with Gasteiger partial charge in [0.2, 0.25) is 0 Å². The number of ether oxygens (including phenoxy) is 3. The van der Waals surface area contributed by atoms with Gasteiger partial charge < -0.3 is 14.2 Å². The third-order valence-electron chi connectivity index (χ3n) is 3.82. The quantitative estimate of drug-likeness (QED) is 0.604. The molecule has 0 bridgehead atoms. The minimum atomic E-state index is -0.514. The Bertz CT molecular complexity index is 888. The summed E-state index contributed by atoms with van der Waals surface area (Å²) in [5.41, 5.74) is 1.06. The number of rotatable bonds is 3. The number of carbonyl (C=O) groups excluding carboxylic acids is 3. The molecular formula is C19H15ClO6. The standard InChI is InChI=1S/C19H15ClO6/c1-10(21)25-13-5-3-12(4-6-13)15-9-24-17-8-18(26-11(2)22)16(20)7-14(17)19(15)23/h3-8,15H,9H2,1-2H3. The first-order valence-electron chi connectivity index (χ1n) is 7.82. The molecule has 0 aromatic heterocycles. The lowest BCUT2D eigenvalue weighted by Gasteiger charge is -2.25. The molecule has 0 radical (unpaired) electrons. The molecule has 1 aliphatic rings. The van der Waals surface area contributed by atoms with Crippen LogP contribution in [0.15, 0.2) is 36.4 Å². The lowest BCUT2D eigenvalue weighted by atomic mass is 9.89. The van der Waals surface area contributed by atoms with E-state index in [1.54, 1.807) is 24.3 Å². The number of halogens is 1. The summed E-state index contributed by atoms with van der Waals surface area (Å²) in [6.07, 6.45) is 0. The fraction of sp³-hybridized carbons (Fsp3) is 0.211. The van der Waals surface area contributed by atoms with Gasteiger partial charge in [0.15, 0.2) is 11.5 Å². The third-order valence-corrected chi connectivity index (χ3v) is 4.11. The van der Waals surface area contributed by atoms with E-state index in [4.69, 9.17) is 25.8 Å². The first kappa shape index (κ1) is 17.9. The average molecular weight is 375 g/mol. The van der Waals surface area contributed by atoms with Crippen LogP contribution in [0.1, 0.15) is 35.7 Å².